The fraction of sp³-hybridized carbons (Fsp3) is 0.138. The molecule has 0 fully saturated rings. The summed E-state index contributed by atoms with van der Waals surface area (Å²) in [4.78, 5) is 23.5. The number of nitrogens with one attached hydrogen (secondary N) is 1. The van der Waals surface area contributed by atoms with E-state index < -0.39 is 5.97 Å². The normalized spacial score (nSPS) is 19.6. The van der Waals surface area contributed by atoms with Gasteiger partial charge in [-0.1, -0.05) is 54.6 Å². The number of esters is 1. The van der Waals surface area contributed by atoms with Crippen LogP contribution in [0.1, 0.15) is 44.6 Å². The number of benzene rings is 4. The first-order valence-electron chi connectivity index (χ1n) is 11.6. The number of ether oxygens (including phenoxy) is 1. The van der Waals surface area contributed by atoms with Gasteiger partial charge in [0.25, 0.3) is 5.69 Å². The van der Waals surface area contributed by atoms with Crippen molar-refractivity contribution in [3.63, 3.8) is 0 Å². The fourth-order valence-electron chi connectivity index (χ4n) is 5.48. The monoisotopic (exact) mass is 462 g/mol. The molecule has 35 heavy (non-hydrogen) atoms. The highest BCUT2D eigenvalue weighted by Crippen LogP contribution is 2.54. The van der Waals surface area contributed by atoms with E-state index in [1.807, 2.05) is 48.5 Å². The van der Waals surface area contributed by atoms with Gasteiger partial charge < -0.3 is 10.1 Å². The number of carbonyl (C=O) groups excluding carboxylic acids is 1. The summed E-state index contributed by atoms with van der Waals surface area (Å²) in [6.07, 6.45) is 0.880. The van der Waals surface area contributed by atoms with Crippen LogP contribution in [0.5, 0.6) is 5.75 Å². The van der Waals surface area contributed by atoms with Crippen molar-refractivity contribution in [3.8, 4) is 5.75 Å². The molecule has 0 radical (unpaired) electrons. The molecule has 1 aliphatic carbocycles. The van der Waals surface area contributed by atoms with Crippen molar-refractivity contribution in [1.29, 1.82) is 0 Å². The lowest BCUT2D eigenvalue weighted by atomic mass is 9.75. The predicted molar refractivity (Wildman–Crippen MR) is 133 cm³/mol. The van der Waals surface area contributed by atoms with E-state index in [2.05, 4.69) is 17.4 Å². The van der Waals surface area contributed by atoms with E-state index in [0.29, 0.717) is 11.3 Å². The van der Waals surface area contributed by atoms with Gasteiger partial charge in [-0.2, -0.15) is 0 Å². The quantitative estimate of drug-likeness (QED) is 0.167. The van der Waals surface area contributed by atoms with Crippen molar-refractivity contribution in [2.45, 2.75) is 18.4 Å². The summed E-state index contributed by atoms with van der Waals surface area (Å²) in [5.74, 6) is 0.374. The highest BCUT2D eigenvalue weighted by molar-refractivity contribution is 5.90. The third-order valence-corrected chi connectivity index (χ3v) is 7.05. The maximum absolute atomic E-state index is 12.4. The van der Waals surface area contributed by atoms with E-state index in [-0.39, 0.29) is 28.5 Å². The van der Waals surface area contributed by atoms with Gasteiger partial charge in [0.15, 0.2) is 0 Å². The van der Waals surface area contributed by atoms with Crippen LogP contribution in [-0.4, -0.2) is 10.9 Å². The summed E-state index contributed by atoms with van der Waals surface area (Å²) in [5.41, 5.74) is 6.09. The number of nitro benzene ring substituents is 1. The van der Waals surface area contributed by atoms with Gasteiger partial charge >= 0.3 is 5.97 Å². The van der Waals surface area contributed by atoms with Gasteiger partial charge in [0.1, 0.15) is 5.75 Å². The molecule has 6 rings (SSSR count). The van der Waals surface area contributed by atoms with Crippen molar-refractivity contribution in [2.75, 3.05) is 5.32 Å². The van der Waals surface area contributed by atoms with E-state index in [1.54, 1.807) is 36.4 Å². The molecule has 172 valence electrons. The highest BCUT2D eigenvalue weighted by atomic mass is 16.6. The van der Waals surface area contributed by atoms with Crippen molar-refractivity contribution in [3.05, 3.63) is 135 Å². The molecule has 0 aromatic heterocycles. The van der Waals surface area contributed by atoms with Crippen LogP contribution in [0.4, 0.5) is 11.4 Å². The average Bonchev–Trinajstić information content (AvgIpc) is 3.29. The molecule has 1 N–H and O–H groups in total. The van der Waals surface area contributed by atoms with Gasteiger partial charge in [0.05, 0.1) is 16.5 Å². The van der Waals surface area contributed by atoms with E-state index in [4.69, 9.17) is 4.74 Å². The van der Waals surface area contributed by atoms with Gasteiger partial charge in [-0.05, 0) is 64.9 Å². The summed E-state index contributed by atoms with van der Waals surface area (Å²) in [7, 11) is 0. The molecule has 0 amide bonds. The third kappa shape index (κ3) is 3.73. The molecule has 0 bridgehead atoms. The van der Waals surface area contributed by atoms with Crippen LogP contribution >= 0.6 is 0 Å². The molecule has 0 spiro atoms. The van der Waals surface area contributed by atoms with Crippen LogP contribution in [0.15, 0.2) is 97.1 Å². The lowest BCUT2D eigenvalue weighted by Crippen LogP contribution is -2.30. The Balaban J connectivity index is 1.33. The van der Waals surface area contributed by atoms with Gasteiger partial charge in [-0.25, -0.2) is 4.79 Å². The van der Waals surface area contributed by atoms with Crippen LogP contribution in [0.2, 0.25) is 0 Å². The van der Waals surface area contributed by atoms with Crippen molar-refractivity contribution < 1.29 is 14.5 Å². The molecular weight excluding hydrogens is 440 g/mol. The van der Waals surface area contributed by atoms with Crippen LogP contribution in [0.3, 0.4) is 0 Å². The first-order chi connectivity index (χ1) is 17.1. The minimum Gasteiger partial charge on any atom is -0.423 e. The zero-order valence-corrected chi connectivity index (χ0v) is 18.8. The summed E-state index contributed by atoms with van der Waals surface area (Å²) in [6, 6.07) is 30.0. The maximum Gasteiger partial charge on any atom is 0.343 e. The van der Waals surface area contributed by atoms with Crippen molar-refractivity contribution in [1.82, 2.24) is 0 Å². The zero-order chi connectivity index (χ0) is 23.9. The molecule has 3 atom stereocenters. The Kier molecular flexibility index (Phi) is 5.07. The Hall–Kier alpha value is -4.45. The van der Waals surface area contributed by atoms with Crippen LogP contribution in [0.25, 0.3) is 0 Å². The Labute approximate surface area is 202 Å². The van der Waals surface area contributed by atoms with Crippen molar-refractivity contribution in [2.24, 2.45) is 5.92 Å². The van der Waals surface area contributed by atoms with Gasteiger partial charge in [0, 0.05) is 23.7 Å². The summed E-state index contributed by atoms with van der Waals surface area (Å²) < 4.78 is 5.55. The molecule has 1 heterocycles. The van der Waals surface area contributed by atoms with E-state index in [1.165, 1.54) is 11.1 Å². The topological polar surface area (TPSA) is 81.5 Å². The number of nitro groups is 1. The predicted octanol–water partition coefficient (Wildman–Crippen LogP) is 6.29. The van der Waals surface area contributed by atoms with Gasteiger partial charge in [-0.15, -0.1) is 0 Å². The molecule has 4 aromatic carbocycles. The largest absolute Gasteiger partial charge is 0.423 e. The smallest absolute Gasteiger partial charge is 0.343 e. The number of non-ortho nitro benzene ring substituents is 1. The molecule has 6 heteroatoms. The molecule has 2 aliphatic rings. The van der Waals surface area contributed by atoms with E-state index in [9.17, 15) is 14.9 Å². The fourth-order valence-corrected chi connectivity index (χ4v) is 5.48. The average molecular weight is 463 g/mol. The van der Waals surface area contributed by atoms with E-state index >= 15 is 0 Å². The number of carbonyl (C=O) groups is 1. The lowest BCUT2D eigenvalue weighted by Gasteiger charge is -2.38. The second-order valence-corrected chi connectivity index (χ2v) is 9.02. The van der Waals surface area contributed by atoms with E-state index in [0.717, 1.165) is 23.2 Å². The maximum atomic E-state index is 12.4. The zero-order valence-electron chi connectivity index (χ0n) is 18.8. The molecule has 1 aliphatic heterocycles. The molecule has 6 nitrogen and oxygen atoms in total. The van der Waals surface area contributed by atoms with Crippen LogP contribution in [0, 0.1) is 16.0 Å². The first kappa shape index (κ1) is 21.1. The minimum absolute atomic E-state index is 0.0141. The van der Waals surface area contributed by atoms with Crippen LogP contribution in [-0.2, 0) is 6.42 Å². The van der Waals surface area contributed by atoms with Gasteiger partial charge in [0.2, 0.25) is 0 Å². The summed E-state index contributed by atoms with van der Waals surface area (Å²) >= 11 is 0. The van der Waals surface area contributed by atoms with Crippen molar-refractivity contribution >= 4 is 17.3 Å². The number of nitrogens with zero attached hydrogens (tertiary/aromatic N) is 1. The van der Waals surface area contributed by atoms with Crippen LogP contribution < -0.4 is 10.1 Å². The number of hydrogen-bond donors (Lipinski definition) is 1. The molecule has 4 aromatic rings. The highest BCUT2D eigenvalue weighted by Gasteiger charge is 2.43. The molecule has 0 saturated carbocycles. The SMILES string of the molecule is O=C(Oc1ccc([C@@H]2Nc3ccc([N+](=O)[O-])cc3[C@H]3c4ccccc4C[C@H]32)cc1)c1ccccc1. The molecular formula is C29H22N2O4. The Morgan fingerprint density at radius 2 is 1.63 bits per heavy atom. The third-order valence-electron chi connectivity index (χ3n) is 7.05. The molecule has 0 unspecified atom stereocenters. The summed E-state index contributed by atoms with van der Waals surface area (Å²) in [6.45, 7) is 0. The minimum atomic E-state index is -0.393. The standard InChI is InChI=1S/C29H22N2O4/c32-29(19-6-2-1-3-7-19)35-22-13-10-18(11-14-22)28-25-16-20-8-4-5-9-23(20)27(25)24-17-21(31(33)34)12-15-26(24)30-28/h1-15,17,25,27-28,30H,16H2/t25-,27-,28+/m1/s1. The second-order valence-electron chi connectivity index (χ2n) is 9.02. The number of hydrogen-bond acceptors (Lipinski definition) is 5. The first-order valence-corrected chi connectivity index (χ1v) is 11.6. The van der Waals surface area contributed by atoms with Gasteiger partial charge in [-0.3, -0.25) is 10.1 Å². The number of fused-ring (bicyclic) bond motifs is 5. The Morgan fingerprint density at radius 1 is 0.886 bits per heavy atom. The number of anilines is 1. The Morgan fingerprint density at radius 3 is 2.40 bits per heavy atom. The Bertz CT molecular complexity index is 1430. The molecule has 0 saturated heterocycles. The number of rotatable bonds is 4. The lowest BCUT2D eigenvalue weighted by molar-refractivity contribution is -0.384. The second kappa shape index (κ2) is 8.40. The summed E-state index contributed by atoms with van der Waals surface area (Å²) in [5, 5.41) is 15.1.